The molecule has 0 atom stereocenters. The van der Waals surface area contributed by atoms with Crippen LogP contribution in [-0.4, -0.2) is 9.97 Å². The second-order valence-electron chi connectivity index (χ2n) is 6.08. The first-order valence-electron chi connectivity index (χ1n) is 8.66. The Balaban J connectivity index is 1.64. The molecule has 1 aromatic heterocycles. The molecule has 4 rings (SSSR count). The number of nitriles is 1. The molecule has 0 fully saturated rings. The molecule has 0 aliphatic carbocycles. The highest BCUT2D eigenvalue weighted by atomic mass is 16.5. The maximum absolute atomic E-state index is 9.65. The second-order valence-corrected chi connectivity index (χ2v) is 6.08. The third-order valence-corrected chi connectivity index (χ3v) is 4.22. The average Bonchev–Trinajstić information content (AvgIpc) is 3.16. The van der Waals surface area contributed by atoms with E-state index in [2.05, 4.69) is 16.0 Å². The summed E-state index contributed by atoms with van der Waals surface area (Å²) in [4.78, 5) is 7.72. The van der Waals surface area contributed by atoms with E-state index in [0.29, 0.717) is 18.0 Å². The minimum Gasteiger partial charge on any atom is -0.488 e. The first-order chi connectivity index (χ1) is 13.3. The Morgan fingerprint density at radius 1 is 0.963 bits per heavy atom. The first kappa shape index (κ1) is 16.6. The predicted octanol–water partition coefficient (Wildman–Crippen LogP) is 5.21. The average molecular weight is 351 g/mol. The van der Waals surface area contributed by atoms with Crippen LogP contribution in [0.2, 0.25) is 0 Å². The van der Waals surface area contributed by atoms with Gasteiger partial charge >= 0.3 is 0 Å². The molecule has 27 heavy (non-hydrogen) atoms. The van der Waals surface area contributed by atoms with E-state index in [4.69, 9.17) is 4.74 Å². The van der Waals surface area contributed by atoms with Crippen molar-refractivity contribution in [1.82, 2.24) is 9.97 Å². The number of rotatable bonds is 5. The summed E-state index contributed by atoms with van der Waals surface area (Å²) in [5, 5.41) is 9.65. The van der Waals surface area contributed by atoms with Gasteiger partial charge in [-0.3, -0.25) is 0 Å². The fraction of sp³-hybridized carbons (Fsp3) is 0.0435. The molecule has 0 aliphatic heterocycles. The third-order valence-electron chi connectivity index (χ3n) is 4.22. The van der Waals surface area contributed by atoms with E-state index < -0.39 is 0 Å². The SMILES string of the molecule is N#C/C(=C\c1ccccc1OCc1ccccc1)c1nc2ccccc2[nH]1. The van der Waals surface area contributed by atoms with Crippen molar-refractivity contribution in [3.8, 4) is 11.8 Å². The van der Waals surface area contributed by atoms with Gasteiger partial charge in [0.25, 0.3) is 0 Å². The largest absolute Gasteiger partial charge is 0.488 e. The standard InChI is InChI=1S/C23H17N3O/c24-15-19(23-25-20-11-5-6-12-21(20)26-23)14-18-10-4-7-13-22(18)27-16-17-8-2-1-3-9-17/h1-14H,16H2,(H,25,26)/b19-14+. The number of aromatic nitrogens is 2. The lowest BCUT2D eigenvalue weighted by Crippen LogP contribution is -1.97. The van der Waals surface area contributed by atoms with Gasteiger partial charge in [-0.25, -0.2) is 4.98 Å². The van der Waals surface area contributed by atoms with Crippen molar-refractivity contribution < 1.29 is 4.74 Å². The van der Waals surface area contributed by atoms with Gasteiger partial charge < -0.3 is 9.72 Å². The lowest BCUT2D eigenvalue weighted by atomic mass is 10.1. The summed E-state index contributed by atoms with van der Waals surface area (Å²) in [6, 6.07) is 27.6. The molecule has 1 N–H and O–H groups in total. The normalized spacial score (nSPS) is 11.3. The van der Waals surface area contributed by atoms with Crippen LogP contribution in [0.4, 0.5) is 0 Å². The highest BCUT2D eigenvalue weighted by Crippen LogP contribution is 2.25. The summed E-state index contributed by atoms with van der Waals surface area (Å²) >= 11 is 0. The van der Waals surface area contributed by atoms with Crippen LogP contribution < -0.4 is 4.74 Å². The smallest absolute Gasteiger partial charge is 0.149 e. The van der Waals surface area contributed by atoms with Gasteiger partial charge in [0.05, 0.1) is 16.6 Å². The Labute approximate surface area is 157 Å². The third kappa shape index (κ3) is 3.73. The molecular weight excluding hydrogens is 334 g/mol. The van der Waals surface area contributed by atoms with Crippen molar-refractivity contribution in [2.24, 2.45) is 0 Å². The predicted molar refractivity (Wildman–Crippen MR) is 107 cm³/mol. The monoisotopic (exact) mass is 351 g/mol. The van der Waals surface area contributed by atoms with Gasteiger partial charge in [-0.15, -0.1) is 0 Å². The van der Waals surface area contributed by atoms with Gasteiger partial charge in [-0.1, -0.05) is 60.7 Å². The summed E-state index contributed by atoms with van der Waals surface area (Å²) in [6.07, 6.45) is 1.80. The zero-order valence-corrected chi connectivity index (χ0v) is 14.6. The van der Waals surface area contributed by atoms with Gasteiger partial charge in [0.15, 0.2) is 0 Å². The van der Waals surface area contributed by atoms with Gasteiger partial charge in [0.2, 0.25) is 0 Å². The quantitative estimate of drug-likeness (QED) is 0.502. The van der Waals surface area contributed by atoms with Gasteiger partial charge in [0.1, 0.15) is 24.3 Å². The molecule has 4 nitrogen and oxygen atoms in total. The van der Waals surface area contributed by atoms with Crippen molar-refractivity contribution in [3.63, 3.8) is 0 Å². The Morgan fingerprint density at radius 2 is 1.70 bits per heavy atom. The molecule has 0 unspecified atom stereocenters. The zero-order valence-electron chi connectivity index (χ0n) is 14.6. The van der Waals surface area contributed by atoms with E-state index in [9.17, 15) is 5.26 Å². The number of benzene rings is 3. The zero-order chi connectivity index (χ0) is 18.5. The second kappa shape index (κ2) is 7.59. The number of para-hydroxylation sites is 3. The molecule has 1 heterocycles. The van der Waals surface area contributed by atoms with E-state index >= 15 is 0 Å². The lowest BCUT2D eigenvalue weighted by Gasteiger charge is -2.09. The lowest BCUT2D eigenvalue weighted by molar-refractivity contribution is 0.305. The molecule has 0 bridgehead atoms. The maximum Gasteiger partial charge on any atom is 0.149 e. The van der Waals surface area contributed by atoms with Crippen molar-refractivity contribution >= 4 is 22.7 Å². The summed E-state index contributed by atoms with van der Waals surface area (Å²) in [6.45, 7) is 0.470. The highest BCUT2D eigenvalue weighted by molar-refractivity contribution is 5.91. The minimum absolute atomic E-state index is 0.460. The van der Waals surface area contributed by atoms with Crippen LogP contribution in [0, 0.1) is 11.3 Å². The topological polar surface area (TPSA) is 61.7 Å². The van der Waals surface area contributed by atoms with Crippen LogP contribution >= 0.6 is 0 Å². The number of nitrogens with one attached hydrogen (secondary N) is 1. The molecule has 0 spiro atoms. The van der Waals surface area contributed by atoms with Crippen molar-refractivity contribution in [2.45, 2.75) is 6.61 Å². The van der Waals surface area contributed by atoms with E-state index in [1.807, 2.05) is 78.9 Å². The number of hydrogen-bond donors (Lipinski definition) is 1. The fourth-order valence-electron chi connectivity index (χ4n) is 2.86. The summed E-state index contributed by atoms with van der Waals surface area (Å²) in [5.74, 6) is 1.28. The van der Waals surface area contributed by atoms with Gasteiger partial charge in [0, 0.05) is 5.56 Å². The number of aromatic amines is 1. The van der Waals surface area contributed by atoms with Crippen LogP contribution in [0.25, 0.3) is 22.7 Å². The van der Waals surface area contributed by atoms with Gasteiger partial charge in [-0.2, -0.15) is 5.26 Å². The summed E-state index contributed by atoms with van der Waals surface area (Å²) < 4.78 is 5.98. The van der Waals surface area contributed by atoms with Crippen LogP contribution in [0.5, 0.6) is 5.75 Å². The molecule has 0 aliphatic rings. The Hall–Kier alpha value is -3.84. The van der Waals surface area contributed by atoms with Crippen LogP contribution in [-0.2, 0) is 6.61 Å². The number of fused-ring (bicyclic) bond motifs is 1. The summed E-state index contributed by atoms with van der Waals surface area (Å²) in [7, 11) is 0. The van der Waals surface area contributed by atoms with Crippen molar-refractivity contribution in [1.29, 1.82) is 5.26 Å². The number of imidazole rings is 1. The number of H-pyrrole nitrogens is 1. The molecule has 3 aromatic carbocycles. The van der Waals surface area contributed by atoms with E-state index in [0.717, 1.165) is 27.9 Å². The van der Waals surface area contributed by atoms with Crippen LogP contribution in [0.3, 0.4) is 0 Å². The number of ether oxygens (including phenoxy) is 1. The Morgan fingerprint density at radius 3 is 2.52 bits per heavy atom. The number of hydrogen-bond acceptors (Lipinski definition) is 3. The molecule has 0 saturated carbocycles. The molecule has 130 valence electrons. The Bertz CT molecular complexity index is 1100. The van der Waals surface area contributed by atoms with E-state index in [1.165, 1.54) is 0 Å². The summed E-state index contributed by atoms with van der Waals surface area (Å²) in [5.41, 5.74) is 4.13. The molecule has 0 radical (unpaired) electrons. The minimum atomic E-state index is 0.460. The molecule has 4 heteroatoms. The van der Waals surface area contributed by atoms with Crippen molar-refractivity contribution in [2.75, 3.05) is 0 Å². The van der Waals surface area contributed by atoms with Crippen LogP contribution in [0.15, 0.2) is 78.9 Å². The van der Waals surface area contributed by atoms with Gasteiger partial charge in [-0.05, 0) is 29.8 Å². The van der Waals surface area contributed by atoms with Crippen LogP contribution in [0.1, 0.15) is 17.0 Å². The number of nitrogens with zero attached hydrogens (tertiary/aromatic N) is 2. The Kier molecular flexibility index (Phi) is 4.67. The molecule has 4 aromatic rings. The van der Waals surface area contributed by atoms with E-state index in [1.54, 1.807) is 6.08 Å². The first-order valence-corrected chi connectivity index (χ1v) is 8.66. The fourth-order valence-corrected chi connectivity index (χ4v) is 2.86. The highest BCUT2D eigenvalue weighted by Gasteiger charge is 2.09. The molecular formula is C23H17N3O. The van der Waals surface area contributed by atoms with Crippen molar-refractivity contribution in [3.05, 3.63) is 95.8 Å². The van der Waals surface area contributed by atoms with E-state index in [-0.39, 0.29) is 0 Å². The maximum atomic E-state index is 9.65. The number of allylic oxidation sites excluding steroid dienone is 1. The molecule has 0 saturated heterocycles. The molecule has 0 amide bonds.